The second-order valence-corrected chi connectivity index (χ2v) is 4.04. The molecule has 0 spiro atoms. The molecule has 0 saturated heterocycles. The van der Waals surface area contributed by atoms with Gasteiger partial charge in [-0.05, 0) is 28.1 Å². The van der Waals surface area contributed by atoms with Crippen molar-refractivity contribution in [2.75, 3.05) is 0 Å². The van der Waals surface area contributed by atoms with Gasteiger partial charge in [0, 0.05) is 6.07 Å². The molecule has 0 fully saturated rings. The maximum Gasteiger partial charge on any atom is 0.238 e. The van der Waals surface area contributed by atoms with Crippen molar-refractivity contribution in [3.63, 3.8) is 0 Å². The minimum Gasteiger partial charge on any atom is -0.436 e. The third-order valence-corrected chi connectivity index (χ3v) is 2.59. The minimum absolute atomic E-state index is 0.197. The number of hydrogen-bond acceptors (Lipinski definition) is 4. The molecule has 0 aliphatic heterocycles. The van der Waals surface area contributed by atoms with Crippen LogP contribution in [-0.4, -0.2) is 15.1 Å². The molecule has 1 aromatic heterocycles. The maximum absolute atomic E-state index is 13.0. The third kappa shape index (κ3) is 2.98. The van der Waals surface area contributed by atoms with Crippen molar-refractivity contribution in [2.45, 2.75) is 6.61 Å². The second kappa shape index (κ2) is 5.20. The van der Waals surface area contributed by atoms with Gasteiger partial charge in [0.1, 0.15) is 11.6 Å². The van der Waals surface area contributed by atoms with Crippen LogP contribution in [0.5, 0.6) is 11.6 Å². The molecule has 1 N–H and O–H groups in total. The fourth-order valence-corrected chi connectivity index (χ4v) is 1.51. The van der Waals surface area contributed by atoms with Crippen molar-refractivity contribution < 1.29 is 14.2 Å². The van der Waals surface area contributed by atoms with Crippen molar-refractivity contribution in [1.29, 1.82) is 0 Å². The van der Waals surface area contributed by atoms with E-state index in [-0.39, 0.29) is 12.5 Å². The Balaban J connectivity index is 2.27. The monoisotopic (exact) mass is 298 g/mol. The highest BCUT2D eigenvalue weighted by Crippen LogP contribution is 2.29. The maximum atomic E-state index is 13.0. The van der Waals surface area contributed by atoms with Crippen LogP contribution in [-0.2, 0) is 6.61 Å². The summed E-state index contributed by atoms with van der Waals surface area (Å²) in [5.74, 6) is 0.0895. The number of aliphatic hydroxyl groups is 1. The third-order valence-electron chi connectivity index (χ3n) is 1.93. The molecule has 0 bridgehead atoms. The summed E-state index contributed by atoms with van der Waals surface area (Å²) in [6, 6.07) is 4.08. The Bertz CT molecular complexity index is 537. The van der Waals surface area contributed by atoms with Crippen molar-refractivity contribution in [3.8, 4) is 11.6 Å². The lowest BCUT2D eigenvalue weighted by atomic mass is 10.3. The topological polar surface area (TPSA) is 55.2 Å². The Kier molecular flexibility index (Phi) is 3.65. The zero-order valence-electron chi connectivity index (χ0n) is 8.60. The fourth-order valence-electron chi connectivity index (χ4n) is 1.18. The highest BCUT2D eigenvalue weighted by atomic mass is 79.9. The number of rotatable bonds is 3. The quantitative estimate of drug-likeness (QED) is 0.946. The summed E-state index contributed by atoms with van der Waals surface area (Å²) in [5.41, 5.74) is 0.384. The smallest absolute Gasteiger partial charge is 0.238 e. The summed E-state index contributed by atoms with van der Waals surface area (Å²) < 4.78 is 19.0. The summed E-state index contributed by atoms with van der Waals surface area (Å²) in [6.07, 6.45) is 2.81. The summed E-state index contributed by atoms with van der Waals surface area (Å²) in [5, 5.41) is 8.90. The van der Waals surface area contributed by atoms with Crippen LogP contribution in [0.2, 0.25) is 0 Å². The number of hydrogen-bond donors (Lipinski definition) is 1. The number of ether oxygens (including phenoxy) is 1. The summed E-state index contributed by atoms with van der Waals surface area (Å²) in [6.45, 7) is -0.228. The predicted molar refractivity (Wildman–Crippen MR) is 62.1 cm³/mol. The average molecular weight is 299 g/mol. The Morgan fingerprint density at radius 1 is 1.35 bits per heavy atom. The van der Waals surface area contributed by atoms with E-state index in [1.54, 1.807) is 0 Å². The normalized spacial score (nSPS) is 10.3. The Morgan fingerprint density at radius 2 is 2.18 bits per heavy atom. The van der Waals surface area contributed by atoms with E-state index in [1.807, 2.05) is 0 Å². The molecule has 0 saturated carbocycles. The summed E-state index contributed by atoms with van der Waals surface area (Å²) in [7, 11) is 0. The van der Waals surface area contributed by atoms with Gasteiger partial charge in [-0.25, -0.2) is 9.37 Å². The van der Waals surface area contributed by atoms with E-state index in [2.05, 4.69) is 25.9 Å². The first kappa shape index (κ1) is 11.9. The molecule has 88 valence electrons. The van der Waals surface area contributed by atoms with Gasteiger partial charge in [-0.2, -0.15) is 0 Å². The number of nitrogens with zero attached hydrogens (tertiary/aromatic N) is 2. The van der Waals surface area contributed by atoms with E-state index in [1.165, 1.54) is 30.6 Å². The molecular weight excluding hydrogens is 291 g/mol. The number of aliphatic hydroxyl groups excluding tert-OH is 1. The van der Waals surface area contributed by atoms with Gasteiger partial charge in [0.15, 0.2) is 0 Å². The molecule has 0 atom stereocenters. The predicted octanol–water partition coefficient (Wildman–Crippen LogP) is 2.66. The van der Waals surface area contributed by atoms with E-state index >= 15 is 0 Å². The molecule has 0 radical (unpaired) electrons. The van der Waals surface area contributed by atoms with E-state index in [0.717, 1.165) is 0 Å². The van der Waals surface area contributed by atoms with Crippen molar-refractivity contribution >= 4 is 15.9 Å². The van der Waals surface area contributed by atoms with Crippen LogP contribution in [0, 0.1) is 5.82 Å². The van der Waals surface area contributed by atoms with Gasteiger partial charge in [-0.1, -0.05) is 0 Å². The molecule has 2 rings (SSSR count). The largest absolute Gasteiger partial charge is 0.436 e. The Labute approximate surface area is 105 Å². The number of benzene rings is 1. The van der Waals surface area contributed by atoms with Gasteiger partial charge in [0.05, 0.1) is 29.2 Å². The van der Waals surface area contributed by atoms with Crippen molar-refractivity contribution in [3.05, 3.63) is 46.6 Å². The van der Waals surface area contributed by atoms with Gasteiger partial charge in [0.25, 0.3) is 0 Å². The summed E-state index contributed by atoms with van der Waals surface area (Å²) >= 11 is 3.23. The lowest BCUT2D eigenvalue weighted by molar-refractivity contribution is 0.274. The lowest BCUT2D eigenvalue weighted by Crippen LogP contribution is -1.95. The zero-order valence-corrected chi connectivity index (χ0v) is 10.2. The number of halogens is 2. The molecule has 0 aliphatic carbocycles. The molecule has 17 heavy (non-hydrogen) atoms. The van der Waals surface area contributed by atoms with Crippen LogP contribution in [0.4, 0.5) is 4.39 Å². The second-order valence-electron chi connectivity index (χ2n) is 3.18. The van der Waals surface area contributed by atoms with Crippen molar-refractivity contribution in [1.82, 2.24) is 9.97 Å². The first-order valence-corrected chi connectivity index (χ1v) is 5.53. The van der Waals surface area contributed by atoms with Gasteiger partial charge in [-0.15, -0.1) is 0 Å². The van der Waals surface area contributed by atoms with E-state index in [4.69, 9.17) is 9.84 Å². The average Bonchev–Trinajstić information content (AvgIpc) is 2.34. The van der Waals surface area contributed by atoms with Crippen LogP contribution in [0.25, 0.3) is 0 Å². The highest BCUT2D eigenvalue weighted by molar-refractivity contribution is 9.10. The highest BCUT2D eigenvalue weighted by Gasteiger charge is 2.06. The van der Waals surface area contributed by atoms with Crippen LogP contribution >= 0.6 is 15.9 Å². The Hall–Kier alpha value is -1.53. The molecule has 0 amide bonds. The molecular formula is C11H8BrFN2O2. The first-order chi connectivity index (χ1) is 8.19. The lowest BCUT2D eigenvalue weighted by Gasteiger charge is -2.07. The minimum atomic E-state index is -0.408. The van der Waals surface area contributed by atoms with E-state index in [9.17, 15) is 4.39 Å². The molecule has 1 heterocycles. The van der Waals surface area contributed by atoms with Gasteiger partial charge in [0.2, 0.25) is 5.88 Å². The number of aromatic nitrogens is 2. The summed E-state index contributed by atoms with van der Waals surface area (Å²) in [4.78, 5) is 7.83. The molecule has 6 heteroatoms. The molecule has 2 aromatic rings. The zero-order chi connectivity index (χ0) is 12.3. The van der Waals surface area contributed by atoms with Gasteiger partial charge >= 0.3 is 0 Å². The molecule has 4 nitrogen and oxygen atoms in total. The molecule has 0 aliphatic rings. The van der Waals surface area contributed by atoms with E-state index < -0.39 is 5.82 Å². The van der Waals surface area contributed by atoms with Gasteiger partial charge < -0.3 is 9.84 Å². The standard InChI is InChI=1S/C11H8BrFN2O2/c12-9-2-1-7(13)3-10(9)17-11-5-14-4-8(6-16)15-11/h1-5,16H,6H2. The van der Waals surface area contributed by atoms with Crippen LogP contribution in [0.3, 0.4) is 0 Å². The van der Waals surface area contributed by atoms with E-state index in [0.29, 0.717) is 15.9 Å². The van der Waals surface area contributed by atoms with Gasteiger partial charge in [-0.3, -0.25) is 4.98 Å². The van der Waals surface area contributed by atoms with Crippen LogP contribution < -0.4 is 4.74 Å². The van der Waals surface area contributed by atoms with Crippen LogP contribution in [0.15, 0.2) is 35.1 Å². The molecule has 1 aromatic carbocycles. The van der Waals surface area contributed by atoms with Crippen molar-refractivity contribution in [2.24, 2.45) is 0 Å². The fraction of sp³-hybridized carbons (Fsp3) is 0.0909. The molecule has 0 unspecified atom stereocenters. The first-order valence-electron chi connectivity index (χ1n) is 4.73. The SMILES string of the molecule is OCc1cncc(Oc2cc(F)ccc2Br)n1. The Morgan fingerprint density at radius 3 is 2.94 bits per heavy atom. The van der Waals surface area contributed by atoms with Crippen LogP contribution in [0.1, 0.15) is 5.69 Å².